The number of nitrogen functional groups attached to an aromatic ring is 1. The number of nitrogens with zero attached hydrogens (tertiary/aromatic N) is 1. The van der Waals surface area contributed by atoms with Crippen LogP contribution in [0.25, 0.3) is 10.9 Å². The predicted molar refractivity (Wildman–Crippen MR) is 68.7 cm³/mol. The molecular formula is C13H14N4. The average molecular weight is 226 g/mol. The Balaban J connectivity index is 1.84. The number of aromatic nitrogens is 3. The topological polar surface area (TPSA) is 70.5 Å². The first-order valence-corrected chi connectivity index (χ1v) is 5.67. The third-order valence-corrected chi connectivity index (χ3v) is 3.07. The van der Waals surface area contributed by atoms with E-state index in [0.29, 0.717) is 0 Å². The van der Waals surface area contributed by atoms with Crippen molar-refractivity contribution in [3.05, 3.63) is 47.9 Å². The number of fused-ring (bicyclic) bond motifs is 1. The minimum atomic E-state index is 0.741. The van der Waals surface area contributed by atoms with Crippen molar-refractivity contribution in [2.45, 2.75) is 12.8 Å². The molecule has 4 heteroatoms. The largest absolute Gasteiger partial charge is 0.396 e. The fourth-order valence-corrected chi connectivity index (χ4v) is 2.12. The number of aromatic amines is 2. The summed E-state index contributed by atoms with van der Waals surface area (Å²) in [4.78, 5) is 3.28. The second kappa shape index (κ2) is 3.97. The van der Waals surface area contributed by atoms with Gasteiger partial charge >= 0.3 is 0 Å². The summed E-state index contributed by atoms with van der Waals surface area (Å²) in [5.74, 6) is 0. The van der Waals surface area contributed by atoms with Crippen molar-refractivity contribution in [3.63, 3.8) is 0 Å². The van der Waals surface area contributed by atoms with Gasteiger partial charge in [0.15, 0.2) is 0 Å². The molecule has 0 saturated heterocycles. The Morgan fingerprint density at radius 1 is 1.18 bits per heavy atom. The van der Waals surface area contributed by atoms with Gasteiger partial charge in [-0.3, -0.25) is 5.10 Å². The lowest BCUT2D eigenvalue weighted by Crippen LogP contribution is -1.95. The molecule has 0 amide bonds. The van der Waals surface area contributed by atoms with Crippen LogP contribution in [0.4, 0.5) is 5.69 Å². The van der Waals surface area contributed by atoms with Crippen LogP contribution in [0.15, 0.2) is 36.7 Å². The first-order chi connectivity index (χ1) is 8.34. The van der Waals surface area contributed by atoms with E-state index in [9.17, 15) is 0 Å². The molecule has 1 aromatic carbocycles. The summed E-state index contributed by atoms with van der Waals surface area (Å²) in [5, 5.41) is 8.14. The number of hydrogen-bond donors (Lipinski definition) is 3. The zero-order valence-corrected chi connectivity index (χ0v) is 9.40. The maximum atomic E-state index is 5.79. The number of anilines is 1. The van der Waals surface area contributed by atoms with E-state index < -0.39 is 0 Å². The third kappa shape index (κ3) is 1.78. The molecule has 3 rings (SSSR count). The van der Waals surface area contributed by atoms with Crippen LogP contribution in [0.5, 0.6) is 0 Å². The van der Waals surface area contributed by atoms with Gasteiger partial charge in [0.05, 0.1) is 17.6 Å². The first kappa shape index (κ1) is 9.96. The predicted octanol–water partition coefficient (Wildman–Crippen LogP) is 2.26. The van der Waals surface area contributed by atoms with Crippen LogP contribution in [0.1, 0.15) is 11.3 Å². The van der Waals surface area contributed by atoms with Gasteiger partial charge in [-0.15, -0.1) is 0 Å². The third-order valence-electron chi connectivity index (χ3n) is 3.07. The van der Waals surface area contributed by atoms with Crippen molar-refractivity contribution in [3.8, 4) is 0 Å². The standard InChI is InChI=1S/C13H14N4/c14-11-8-16-17-13(11)6-5-9-7-15-12-4-2-1-3-10(9)12/h1-4,7-8,15H,5-6,14H2,(H,16,17). The van der Waals surface area contributed by atoms with Crippen molar-refractivity contribution in [1.29, 1.82) is 0 Å². The van der Waals surface area contributed by atoms with Crippen LogP contribution in [-0.2, 0) is 12.8 Å². The molecule has 17 heavy (non-hydrogen) atoms. The van der Waals surface area contributed by atoms with E-state index in [1.807, 2.05) is 6.07 Å². The molecule has 0 aliphatic heterocycles. The van der Waals surface area contributed by atoms with Crippen LogP contribution in [0, 0.1) is 0 Å². The lowest BCUT2D eigenvalue weighted by atomic mass is 10.1. The number of para-hydroxylation sites is 1. The second-order valence-corrected chi connectivity index (χ2v) is 4.16. The van der Waals surface area contributed by atoms with E-state index in [2.05, 4.69) is 39.6 Å². The van der Waals surface area contributed by atoms with E-state index >= 15 is 0 Å². The quantitative estimate of drug-likeness (QED) is 0.641. The summed E-state index contributed by atoms with van der Waals surface area (Å²) in [5.41, 5.74) is 10.0. The zero-order valence-electron chi connectivity index (χ0n) is 9.40. The molecule has 0 spiro atoms. The van der Waals surface area contributed by atoms with Crippen LogP contribution in [-0.4, -0.2) is 15.2 Å². The second-order valence-electron chi connectivity index (χ2n) is 4.16. The summed E-state index contributed by atoms with van der Waals surface area (Å²) in [6.45, 7) is 0. The highest BCUT2D eigenvalue weighted by Gasteiger charge is 2.05. The number of rotatable bonds is 3. The summed E-state index contributed by atoms with van der Waals surface area (Å²) in [6.07, 6.45) is 5.56. The maximum Gasteiger partial charge on any atom is 0.0730 e. The van der Waals surface area contributed by atoms with Crippen molar-refractivity contribution in [2.75, 3.05) is 5.73 Å². The number of aryl methyl sites for hydroxylation is 2. The van der Waals surface area contributed by atoms with Crippen LogP contribution in [0.2, 0.25) is 0 Å². The Hall–Kier alpha value is -2.23. The smallest absolute Gasteiger partial charge is 0.0730 e. The molecule has 2 aromatic heterocycles. The highest BCUT2D eigenvalue weighted by atomic mass is 15.1. The molecule has 0 unspecified atom stereocenters. The Kier molecular flexibility index (Phi) is 2.33. The van der Waals surface area contributed by atoms with Gasteiger partial charge in [0.2, 0.25) is 0 Å². The Morgan fingerprint density at radius 2 is 2.06 bits per heavy atom. The van der Waals surface area contributed by atoms with E-state index in [1.165, 1.54) is 16.5 Å². The van der Waals surface area contributed by atoms with Crippen molar-refractivity contribution >= 4 is 16.6 Å². The van der Waals surface area contributed by atoms with E-state index in [1.54, 1.807) is 6.20 Å². The summed E-state index contributed by atoms with van der Waals surface area (Å²) in [7, 11) is 0. The minimum Gasteiger partial charge on any atom is -0.396 e. The van der Waals surface area contributed by atoms with Gasteiger partial charge in [-0.1, -0.05) is 18.2 Å². The number of H-pyrrole nitrogens is 2. The molecular weight excluding hydrogens is 212 g/mol. The summed E-state index contributed by atoms with van der Waals surface area (Å²) in [6, 6.07) is 8.32. The number of nitrogens with two attached hydrogens (primary N) is 1. The summed E-state index contributed by atoms with van der Waals surface area (Å²) >= 11 is 0. The molecule has 86 valence electrons. The van der Waals surface area contributed by atoms with E-state index in [0.717, 1.165) is 24.2 Å². The number of nitrogens with one attached hydrogen (secondary N) is 2. The Morgan fingerprint density at radius 3 is 2.88 bits per heavy atom. The number of benzene rings is 1. The summed E-state index contributed by atoms with van der Waals surface area (Å²) < 4.78 is 0. The molecule has 3 aromatic rings. The molecule has 0 aliphatic rings. The van der Waals surface area contributed by atoms with Gasteiger partial charge in [-0.05, 0) is 24.5 Å². The van der Waals surface area contributed by atoms with Crippen LogP contribution < -0.4 is 5.73 Å². The average Bonchev–Trinajstić information content (AvgIpc) is 2.93. The van der Waals surface area contributed by atoms with Gasteiger partial charge in [0, 0.05) is 17.1 Å². The lowest BCUT2D eigenvalue weighted by Gasteiger charge is -1.99. The van der Waals surface area contributed by atoms with Gasteiger partial charge in [-0.2, -0.15) is 5.10 Å². The molecule has 0 bridgehead atoms. The molecule has 0 aliphatic carbocycles. The fraction of sp³-hybridized carbons (Fsp3) is 0.154. The zero-order chi connectivity index (χ0) is 11.7. The Labute approximate surface area is 98.8 Å². The molecule has 2 heterocycles. The Bertz CT molecular complexity index is 635. The molecule has 0 radical (unpaired) electrons. The SMILES string of the molecule is Nc1cn[nH]c1CCc1c[nH]c2ccccc12. The highest BCUT2D eigenvalue weighted by molar-refractivity contribution is 5.83. The van der Waals surface area contributed by atoms with Crippen LogP contribution >= 0.6 is 0 Å². The monoisotopic (exact) mass is 226 g/mol. The maximum absolute atomic E-state index is 5.79. The molecule has 0 saturated carbocycles. The molecule has 0 atom stereocenters. The lowest BCUT2D eigenvalue weighted by molar-refractivity contribution is 0.899. The van der Waals surface area contributed by atoms with Gasteiger partial charge in [0.1, 0.15) is 0 Å². The molecule has 4 nitrogen and oxygen atoms in total. The fourth-order valence-electron chi connectivity index (χ4n) is 2.12. The molecule has 0 fully saturated rings. The van der Waals surface area contributed by atoms with Crippen LogP contribution in [0.3, 0.4) is 0 Å². The minimum absolute atomic E-state index is 0.741. The highest BCUT2D eigenvalue weighted by Crippen LogP contribution is 2.20. The van der Waals surface area contributed by atoms with Crippen molar-refractivity contribution < 1.29 is 0 Å². The number of hydrogen-bond acceptors (Lipinski definition) is 2. The van der Waals surface area contributed by atoms with Crippen molar-refractivity contribution in [1.82, 2.24) is 15.2 Å². The van der Waals surface area contributed by atoms with Gasteiger partial charge < -0.3 is 10.7 Å². The van der Waals surface area contributed by atoms with Gasteiger partial charge in [-0.25, -0.2) is 0 Å². The first-order valence-electron chi connectivity index (χ1n) is 5.67. The van der Waals surface area contributed by atoms with E-state index in [-0.39, 0.29) is 0 Å². The van der Waals surface area contributed by atoms with Crippen molar-refractivity contribution in [2.24, 2.45) is 0 Å². The van der Waals surface area contributed by atoms with E-state index in [4.69, 9.17) is 5.73 Å². The normalized spacial score (nSPS) is 11.1. The van der Waals surface area contributed by atoms with Gasteiger partial charge in [0.25, 0.3) is 0 Å². The molecule has 4 N–H and O–H groups in total.